The van der Waals surface area contributed by atoms with Crippen LogP contribution in [-0.2, 0) is 4.79 Å². The van der Waals surface area contributed by atoms with Gasteiger partial charge in [-0.25, -0.2) is 0 Å². The second kappa shape index (κ2) is 6.83. The van der Waals surface area contributed by atoms with Gasteiger partial charge < -0.3 is 9.80 Å². The molecule has 5 nitrogen and oxygen atoms in total. The van der Waals surface area contributed by atoms with Gasteiger partial charge in [-0.05, 0) is 43.5 Å². The number of pyridine rings is 1. The summed E-state index contributed by atoms with van der Waals surface area (Å²) in [5.74, 6) is -0.177. The van der Waals surface area contributed by atoms with Gasteiger partial charge in [-0.15, -0.1) is 0 Å². The first-order valence-corrected chi connectivity index (χ1v) is 9.05. The van der Waals surface area contributed by atoms with Crippen LogP contribution < -0.4 is 4.90 Å². The molecule has 2 heterocycles. The van der Waals surface area contributed by atoms with Gasteiger partial charge in [0.25, 0.3) is 5.91 Å². The van der Waals surface area contributed by atoms with E-state index in [9.17, 15) is 9.59 Å². The summed E-state index contributed by atoms with van der Waals surface area (Å²) in [6, 6.07) is 15.3. The summed E-state index contributed by atoms with van der Waals surface area (Å²) in [5.41, 5.74) is 2.64. The van der Waals surface area contributed by atoms with Crippen LogP contribution in [0.25, 0.3) is 10.8 Å². The van der Waals surface area contributed by atoms with Crippen molar-refractivity contribution in [1.29, 1.82) is 0 Å². The van der Waals surface area contributed by atoms with E-state index >= 15 is 0 Å². The Morgan fingerprint density at radius 3 is 2.67 bits per heavy atom. The van der Waals surface area contributed by atoms with Crippen molar-refractivity contribution in [2.24, 2.45) is 0 Å². The van der Waals surface area contributed by atoms with Crippen LogP contribution in [0, 0.1) is 6.92 Å². The number of rotatable bonds is 2. The Morgan fingerprint density at radius 2 is 1.89 bits per heavy atom. The second-order valence-corrected chi connectivity index (χ2v) is 7.02. The number of hydrogen-bond donors (Lipinski definition) is 0. The molecule has 2 amide bonds. The Balaban J connectivity index is 1.61. The van der Waals surface area contributed by atoms with Crippen LogP contribution in [-0.4, -0.2) is 40.8 Å². The molecule has 1 saturated heterocycles. The van der Waals surface area contributed by atoms with Gasteiger partial charge in [-0.3, -0.25) is 14.6 Å². The van der Waals surface area contributed by atoms with Gasteiger partial charge in [0.1, 0.15) is 6.54 Å². The predicted molar refractivity (Wildman–Crippen MR) is 106 cm³/mol. The van der Waals surface area contributed by atoms with Gasteiger partial charge in [-0.1, -0.05) is 29.8 Å². The van der Waals surface area contributed by atoms with Crippen LogP contribution in [0.2, 0.25) is 0 Å². The maximum atomic E-state index is 13.2. The topological polar surface area (TPSA) is 53.5 Å². The minimum atomic E-state index is -0.115. The number of aromatic nitrogens is 1. The lowest BCUT2D eigenvalue weighted by atomic mass is 10.0. The smallest absolute Gasteiger partial charge is 0.255 e. The molecule has 0 radical (unpaired) electrons. The average molecular weight is 359 g/mol. The molecule has 2 aromatic carbocycles. The molecule has 3 aromatic rings. The standard InChI is InChI=1S/C22H21N3O2/c1-15-6-8-18(9-7-15)25-13-16(2)24(14-21(25)26)22(27)20-5-3-4-17-12-23-11-10-19(17)20/h3-12,16H,13-14H2,1-2H3/t16-/m0/s1. The van der Waals surface area contributed by atoms with E-state index in [2.05, 4.69) is 4.98 Å². The van der Waals surface area contributed by atoms with E-state index in [1.807, 2.05) is 62.4 Å². The number of fused-ring (bicyclic) bond motifs is 1. The van der Waals surface area contributed by atoms with Crippen molar-refractivity contribution in [3.8, 4) is 0 Å². The number of aryl methyl sites for hydroxylation is 1. The first-order chi connectivity index (χ1) is 13.0. The number of benzene rings is 2. The van der Waals surface area contributed by atoms with Gasteiger partial charge in [0.15, 0.2) is 0 Å². The molecule has 1 atom stereocenters. The largest absolute Gasteiger partial charge is 0.325 e. The summed E-state index contributed by atoms with van der Waals surface area (Å²) in [4.78, 5) is 33.5. The second-order valence-electron chi connectivity index (χ2n) is 7.02. The Bertz CT molecular complexity index is 1010. The number of piperazine rings is 1. The zero-order valence-electron chi connectivity index (χ0n) is 15.4. The van der Waals surface area contributed by atoms with E-state index in [0.717, 1.165) is 22.0 Å². The maximum absolute atomic E-state index is 13.2. The molecule has 0 bridgehead atoms. The van der Waals surface area contributed by atoms with E-state index in [1.54, 1.807) is 22.2 Å². The molecule has 5 heteroatoms. The summed E-state index contributed by atoms with van der Waals surface area (Å²) in [6.07, 6.45) is 3.43. The van der Waals surface area contributed by atoms with Crippen LogP contribution in [0.5, 0.6) is 0 Å². The monoisotopic (exact) mass is 359 g/mol. The molecule has 0 unspecified atom stereocenters. The fourth-order valence-corrected chi connectivity index (χ4v) is 3.56. The maximum Gasteiger partial charge on any atom is 0.255 e. The molecular weight excluding hydrogens is 338 g/mol. The molecular formula is C22H21N3O2. The van der Waals surface area contributed by atoms with E-state index < -0.39 is 0 Å². The van der Waals surface area contributed by atoms with Gasteiger partial charge in [0.05, 0.1) is 0 Å². The highest BCUT2D eigenvalue weighted by molar-refractivity contribution is 6.09. The van der Waals surface area contributed by atoms with E-state index in [1.165, 1.54) is 0 Å². The van der Waals surface area contributed by atoms with Crippen molar-refractivity contribution in [1.82, 2.24) is 9.88 Å². The molecule has 4 rings (SSSR count). The van der Waals surface area contributed by atoms with Crippen LogP contribution in [0.3, 0.4) is 0 Å². The minimum absolute atomic E-state index is 0.0628. The van der Waals surface area contributed by atoms with Crippen molar-refractivity contribution >= 4 is 28.3 Å². The molecule has 136 valence electrons. The number of carbonyl (C=O) groups excluding carboxylic acids is 2. The number of hydrogen-bond acceptors (Lipinski definition) is 3. The average Bonchev–Trinajstić information content (AvgIpc) is 2.69. The van der Waals surface area contributed by atoms with Crippen molar-refractivity contribution in [2.75, 3.05) is 18.0 Å². The minimum Gasteiger partial charge on any atom is -0.325 e. The van der Waals surface area contributed by atoms with Gasteiger partial charge >= 0.3 is 0 Å². The summed E-state index contributed by atoms with van der Waals surface area (Å²) < 4.78 is 0. The highest BCUT2D eigenvalue weighted by Gasteiger charge is 2.34. The van der Waals surface area contributed by atoms with Crippen LogP contribution in [0.1, 0.15) is 22.8 Å². The number of anilines is 1. The molecule has 0 N–H and O–H groups in total. The lowest BCUT2D eigenvalue weighted by Gasteiger charge is -2.39. The zero-order valence-corrected chi connectivity index (χ0v) is 15.4. The highest BCUT2D eigenvalue weighted by Crippen LogP contribution is 2.24. The number of amides is 2. The van der Waals surface area contributed by atoms with E-state index in [0.29, 0.717) is 12.1 Å². The molecule has 0 saturated carbocycles. The van der Waals surface area contributed by atoms with E-state index in [4.69, 9.17) is 0 Å². The third-order valence-electron chi connectivity index (χ3n) is 5.10. The fourth-order valence-electron chi connectivity index (χ4n) is 3.56. The van der Waals surface area contributed by atoms with Gasteiger partial charge in [0, 0.05) is 41.6 Å². The molecule has 27 heavy (non-hydrogen) atoms. The van der Waals surface area contributed by atoms with Gasteiger partial charge in [0.2, 0.25) is 5.91 Å². The quantitative estimate of drug-likeness (QED) is 0.704. The summed E-state index contributed by atoms with van der Waals surface area (Å²) >= 11 is 0. The van der Waals surface area contributed by atoms with Crippen molar-refractivity contribution < 1.29 is 9.59 Å². The van der Waals surface area contributed by atoms with Gasteiger partial charge in [-0.2, -0.15) is 0 Å². The SMILES string of the molecule is Cc1ccc(N2C[C@H](C)N(C(=O)c3cccc4cnccc34)CC2=O)cc1. The Labute approximate surface area is 158 Å². The van der Waals surface area contributed by atoms with E-state index in [-0.39, 0.29) is 24.4 Å². The summed E-state index contributed by atoms with van der Waals surface area (Å²) in [7, 11) is 0. The molecule has 1 aliphatic rings. The molecule has 1 aromatic heterocycles. The normalized spacial score (nSPS) is 17.4. The molecule has 0 spiro atoms. The molecule has 1 aliphatic heterocycles. The first-order valence-electron chi connectivity index (χ1n) is 9.05. The predicted octanol–water partition coefficient (Wildman–Crippen LogP) is 3.42. The van der Waals surface area contributed by atoms with Crippen molar-refractivity contribution in [3.63, 3.8) is 0 Å². The zero-order chi connectivity index (χ0) is 19.0. The lowest BCUT2D eigenvalue weighted by molar-refractivity contribution is -0.121. The summed E-state index contributed by atoms with van der Waals surface area (Å²) in [5, 5.41) is 1.78. The lowest BCUT2D eigenvalue weighted by Crippen LogP contribution is -2.57. The number of nitrogens with zero attached hydrogens (tertiary/aromatic N) is 3. The molecule has 0 aliphatic carbocycles. The Hall–Kier alpha value is -3.21. The van der Waals surface area contributed by atoms with Crippen LogP contribution in [0.4, 0.5) is 5.69 Å². The van der Waals surface area contributed by atoms with Crippen LogP contribution >= 0.6 is 0 Å². The molecule has 1 fully saturated rings. The third kappa shape index (κ3) is 3.16. The van der Waals surface area contributed by atoms with Crippen molar-refractivity contribution in [2.45, 2.75) is 19.9 Å². The Kier molecular flexibility index (Phi) is 4.36. The first kappa shape index (κ1) is 17.2. The third-order valence-corrected chi connectivity index (χ3v) is 5.10. The Morgan fingerprint density at radius 1 is 1.11 bits per heavy atom. The van der Waals surface area contributed by atoms with Crippen molar-refractivity contribution in [3.05, 3.63) is 72.1 Å². The van der Waals surface area contributed by atoms with Crippen LogP contribution in [0.15, 0.2) is 60.9 Å². The fraction of sp³-hybridized carbons (Fsp3) is 0.227. The number of carbonyl (C=O) groups is 2. The highest BCUT2D eigenvalue weighted by atomic mass is 16.2. The summed E-state index contributed by atoms with van der Waals surface area (Å²) in [6.45, 7) is 4.57.